The summed E-state index contributed by atoms with van der Waals surface area (Å²) in [7, 11) is -1.93. The first-order valence-electron chi connectivity index (χ1n) is 7.12. The van der Waals surface area contributed by atoms with Gasteiger partial charge in [-0.25, -0.2) is 13.1 Å². The van der Waals surface area contributed by atoms with Crippen LogP contribution in [0.1, 0.15) is 16.7 Å². The number of rotatable bonds is 6. The van der Waals surface area contributed by atoms with Gasteiger partial charge in [-0.3, -0.25) is 0 Å². The lowest BCUT2D eigenvalue weighted by molar-refractivity contribution is 0.414. The number of hydrogen-bond acceptors (Lipinski definition) is 3. The van der Waals surface area contributed by atoms with Crippen LogP contribution < -0.4 is 9.46 Å². The minimum absolute atomic E-state index is 0.244. The summed E-state index contributed by atoms with van der Waals surface area (Å²) in [6.45, 7) is 4.46. The molecule has 2 aromatic carbocycles. The second kappa shape index (κ2) is 6.94. The summed E-state index contributed by atoms with van der Waals surface area (Å²) in [6, 6.07) is 12.5. The molecule has 118 valence electrons. The summed E-state index contributed by atoms with van der Waals surface area (Å²) in [6.07, 6.45) is 0.668. The Morgan fingerprint density at radius 3 is 2.32 bits per heavy atom. The zero-order valence-electron chi connectivity index (χ0n) is 13.1. The SMILES string of the molecule is COc1ccc(S(=O)(=O)NCCc2ccc(C)cc2C)cc1. The minimum Gasteiger partial charge on any atom is -0.497 e. The largest absolute Gasteiger partial charge is 0.497 e. The molecule has 0 aromatic heterocycles. The van der Waals surface area contributed by atoms with Crippen LogP contribution in [-0.4, -0.2) is 22.1 Å². The van der Waals surface area contributed by atoms with E-state index in [1.807, 2.05) is 26.0 Å². The van der Waals surface area contributed by atoms with Crippen LogP contribution in [0.15, 0.2) is 47.4 Å². The van der Waals surface area contributed by atoms with E-state index in [-0.39, 0.29) is 4.90 Å². The first-order valence-corrected chi connectivity index (χ1v) is 8.60. The topological polar surface area (TPSA) is 55.4 Å². The number of methoxy groups -OCH3 is 1. The van der Waals surface area contributed by atoms with Gasteiger partial charge in [-0.2, -0.15) is 0 Å². The van der Waals surface area contributed by atoms with Crippen molar-refractivity contribution in [3.63, 3.8) is 0 Å². The van der Waals surface area contributed by atoms with Crippen molar-refractivity contribution in [3.8, 4) is 5.75 Å². The number of ether oxygens (including phenoxy) is 1. The zero-order chi connectivity index (χ0) is 16.2. The van der Waals surface area contributed by atoms with Gasteiger partial charge in [0.2, 0.25) is 10.0 Å². The van der Waals surface area contributed by atoms with Crippen LogP contribution in [0.4, 0.5) is 0 Å². The zero-order valence-corrected chi connectivity index (χ0v) is 13.9. The molecule has 0 saturated carbocycles. The Morgan fingerprint density at radius 1 is 1.05 bits per heavy atom. The fourth-order valence-electron chi connectivity index (χ4n) is 2.28. The molecule has 0 bridgehead atoms. The normalized spacial score (nSPS) is 11.4. The molecule has 0 unspecified atom stereocenters. The van der Waals surface area contributed by atoms with E-state index in [1.165, 1.54) is 23.3 Å². The van der Waals surface area contributed by atoms with Gasteiger partial charge >= 0.3 is 0 Å². The molecule has 4 nitrogen and oxygen atoms in total. The van der Waals surface area contributed by atoms with E-state index in [4.69, 9.17) is 4.74 Å². The first-order chi connectivity index (χ1) is 10.4. The Labute approximate surface area is 132 Å². The molecule has 0 spiro atoms. The quantitative estimate of drug-likeness (QED) is 0.891. The number of aryl methyl sites for hydroxylation is 2. The fourth-order valence-corrected chi connectivity index (χ4v) is 3.32. The van der Waals surface area contributed by atoms with Crippen molar-refractivity contribution in [2.24, 2.45) is 0 Å². The second-order valence-electron chi connectivity index (χ2n) is 5.25. The lowest BCUT2D eigenvalue weighted by atomic mass is 10.0. The highest BCUT2D eigenvalue weighted by molar-refractivity contribution is 7.89. The van der Waals surface area contributed by atoms with Crippen LogP contribution in [0, 0.1) is 13.8 Å². The smallest absolute Gasteiger partial charge is 0.240 e. The van der Waals surface area contributed by atoms with E-state index >= 15 is 0 Å². The number of benzene rings is 2. The molecule has 0 atom stereocenters. The van der Waals surface area contributed by atoms with Crippen LogP contribution in [0.3, 0.4) is 0 Å². The lowest BCUT2D eigenvalue weighted by Crippen LogP contribution is -2.26. The van der Waals surface area contributed by atoms with Crippen LogP contribution in [0.25, 0.3) is 0 Å². The summed E-state index contributed by atoms with van der Waals surface area (Å²) in [4.78, 5) is 0.244. The molecule has 22 heavy (non-hydrogen) atoms. The van der Waals surface area contributed by atoms with Crippen LogP contribution >= 0.6 is 0 Å². The molecule has 0 aliphatic carbocycles. The van der Waals surface area contributed by atoms with Gasteiger partial charge in [-0.05, 0) is 55.7 Å². The molecule has 0 saturated heterocycles. The van der Waals surface area contributed by atoms with Crippen LogP contribution in [-0.2, 0) is 16.4 Å². The van der Waals surface area contributed by atoms with E-state index in [2.05, 4.69) is 10.8 Å². The monoisotopic (exact) mass is 319 g/mol. The highest BCUT2D eigenvalue weighted by Crippen LogP contribution is 2.15. The highest BCUT2D eigenvalue weighted by atomic mass is 32.2. The van der Waals surface area contributed by atoms with Crippen LogP contribution in [0.5, 0.6) is 5.75 Å². The average molecular weight is 319 g/mol. The standard InChI is InChI=1S/C17H21NO3S/c1-13-4-5-15(14(2)12-13)10-11-18-22(19,20)17-8-6-16(21-3)7-9-17/h4-9,12,18H,10-11H2,1-3H3. The molecule has 0 radical (unpaired) electrons. The van der Waals surface area contributed by atoms with E-state index in [1.54, 1.807) is 19.2 Å². The van der Waals surface area contributed by atoms with E-state index in [0.717, 1.165) is 5.56 Å². The summed E-state index contributed by atoms with van der Waals surface area (Å²) in [5.74, 6) is 0.634. The second-order valence-corrected chi connectivity index (χ2v) is 7.02. The Hall–Kier alpha value is -1.85. The van der Waals surface area contributed by atoms with Crippen molar-refractivity contribution in [1.29, 1.82) is 0 Å². The molecule has 1 N–H and O–H groups in total. The molecule has 0 heterocycles. The Bertz CT molecular complexity index is 737. The molecule has 0 fully saturated rings. The Morgan fingerprint density at radius 2 is 1.73 bits per heavy atom. The third-order valence-corrected chi connectivity index (χ3v) is 5.03. The van der Waals surface area contributed by atoms with E-state index < -0.39 is 10.0 Å². The van der Waals surface area contributed by atoms with Crippen molar-refractivity contribution >= 4 is 10.0 Å². The Balaban J connectivity index is 2.00. The fraction of sp³-hybridized carbons (Fsp3) is 0.294. The summed E-state index contributed by atoms with van der Waals surface area (Å²) in [5.41, 5.74) is 3.55. The van der Waals surface area contributed by atoms with Gasteiger partial charge in [0.25, 0.3) is 0 Å². The van der Waals surface area contributed by atoms with Gasteiger partial charge in [0.15, 0.2) is 0 Å². The predicted molar refractivity (Wildman–Crippen MR) is 87.8 cm³/mol. The van der Waals surface area contributed by atoms with Gasteiger partial charge in [0.1, 0.15) is 5.75 Å². The predicted octanol–water partition coefficient (Wildman–Crippen LogP) is 2.83. The van der Waals surface area contributed by atoms with Crippen molar-refractivity contribution in [1.82, 2.24) is 4.72 Å². The molecule has 0 amide bonds. The van der Waals surface area contributed by atoms with E-state index in [9.17, 15) is 8.42 Å². The summed E-state index contributed by atoms with van der Waals surface area (Å²) >= 11 is 0. The maximum atomic E-state index is 12.2. The molecular weight excluding hydrogens is 298 g/mol. The van der Waals surface area contributed by atoms with E-state index in [0.29, 0.717) is 18.7 Å². The summed E-state index contributed by atoms with van der Waals surface area (Å²) < 4.78 is 32.1. The van der Waals surface area contributed by atoms with Crippen molar-refractivity contribution in [3.05, 3.63) is 59.2 Å². The van der Waals surface area contributed by atoms with Gasteiger partial charge in [0.05, 0.1) is 12.0 Å². The highest BCUT2D eigenvalue weighted by Gasteiger charge is 2.13. The maximum Gasteiger partial charge on any atom is 0.240 e. The van der Waals surface area contributed by atoms with Crippen molar-refractivity contribution in [2.45, 2.75) is 25.2 Å². The average Bonchev–Trinajstić information content (AvgIpc) is 2.49. The van der Waals surface area contributed by atoms with Gasteiger partial charge in [-0.1, -0.05) is 23.8 Å². The third-order valence-electron chi connectivity index (χ3n) is 3.55. The minimum atomic E-state index is -3.48. The van der Waals surface area contributed by atoms with Gasteiger partial charge in [-0.15, -0.1) is 0 Å². The number of sulfonamides is 1. The Kier molecular flexibility index (Phi) is 5.21. The molecule has 2 rings (SSSR count). The number of nitrogens with one attached hydrogen (secondary N) is 1. The molecular formula is C17H21NO3S. The van der Waals surface area contributed by atoms with Gasteiger partial charge in [0, 0.05) is 6.54 Å². The third kappa shape index (κ3) is 4.08. The molecule has 2 aromatic rings. The van der Waals surface area contributed by atoms with Gasteiger partial charge < -0.3 is 4.74 Å². The molecule has 0 aliphatic heterocycles. The van der Waals surface area contributed by atoms with Crippen molar-refractivity contribution in [2.75, 3.05) is 13.7 Å². The number of hydrogen-bond donors (Lipinski definition) is 1. The van der Waals surface area contributed by atoms with Crippen LogP contribution in [0.2, 0.25) is 0 Å². The summed E-state index contributed by atoms with van der Waals surface area (Å²) in [5, 5.41) is 0. The van der Waals surface area contributed by atoms with Crippen molar-refractivity contribution < 1.29 is 13.2 Å². The molecule has 0 aliphatic rings. The lowest BCUT2D eigenvalue weighted by Gasteiger charge is -2.09. The maximum absolute atomic E-state index is 12.2. The first kappa shape index (κ1) is 16.5. The molecule has 5 heteroatoms.